The maximum atomic E-state index is 12.0. The molecule has 0 aliphatic heterocycles. The summed E-state index contributed by atoms with van der Waals surface area (Å²) < 4.78 is 25.0. The summed E-state index contributed by atoms with van der Waals surface area (Å²) in [7, 11) is 0.710. The van der Waals surface area contributed by atoms with Gasteiger partial charge in [0.05, 0.1) is 13.7 Å². The van der Waals surface area contributed by atoms with Crippen LogP contribution in [0.15, 0.2) is 35.1 Å². The Morgan fingerprint density at radius 3 is 2.66 bits per heavy atom. The Balaban J connectivity index is 1.82. The summed E-state index contributed by atoms with van der Waals surface area (Å²) >= 11 is 0. The van der Waals surface area contributed by atoms with E-state index >= 15 is 0 Å². The Hall–Kier alpha value is -2.12. The lowest BCUT2D eigenvalue weighted by molar-refractivity contribution is 0.280. The molecular weight excluding hydrogens is 388 g/mol. The number of aromatic nitrogens is 1. The van der Waals surface area contributed by atoms with Crippen LogP contribution in [0.5, 0.6) is 11.5 Å². The second kappa shape index (κ2) is 9.59. The number of hydrogen-bond acceptors (Lipinski definition) is 5. The molecule has 2 N–H and O–H groups in total. The van der Waals surface area contributed by atoms with E-state index in [1.54, 1.807) is 25.5 Å². The van der Waals surface area contributed by atoms with E-state index in [0.717, 1.165) is 17.0 Å². The van der Waals surface area contributed by atoms with Crippen LogP contribution in [0.1, 0.15) is 35.8 Å². The van der Waals surface area contributed by atoms with E-state index in [4.69, 9.17) is 15.2 Å². The van der Waals surface area contributed by atoms with Gasteiger partial charge in [0.1, 0.15) is 0 Å². The lowest BCUT2D eigenvalue weighted by Crippen LogP contribution is -2.24. The van der Waals surface area contributed by atoms with Crippen molar-refractivity contribution in [1.82, 2.24) is 4.57 Å². The first-order valence-corrected chi connectivity index (χ1v) is 11.7. The van der Waals surface area contributed by atoms with Gasteiger partial charge in [-0.2, -0.15) is 0 Å². The van der Waals surface area contributed by atoms with Crippen LogP contribution >= 0.6 is 0 Å². The van der Waals surface area contributed by atoms with E-state index in [0.29, 0.717) is 42.7 Å². The molecule has 2 unspecified atom stereocenters. The third-order valence-corrected chi connectivity index (χ3v) is 6.02. The van der Waals surface area contributed by atoms with Crippen molar-refractivity contribution < 1.29 is 13.7 Å². The van der Waals surface area contributed by atoms with Gasteiger partial charge in [0, 0.05) is 58.9 Å². The van der Waals surface area contributed by atoms with Crippen molar-refractivity contribution in [2.75, 3.05) is 25.7 Å². The van der Waals surface area contributed by atoms with Gasteiger partial charge in [-0.05, 0) is 49.8 Å². The highest BCUT2D eigenvalue weighted by Gasteiger charge is 2.23. The summed E-state index contributed by atoms with van der Waals surface area (Å²) in [6.07, 6.45) is 4.69. The topological polar surface area (TPSA) is 83.5 Å². The van der Waals surface area contributed by atoms with Gasteiger partial charge >= 0.3 is 0 Å². The molecule has 1 fully saturated rings. The molecule has 1 aromatic heterocycles. The Morgan fingerprint density at radius 2 is 2.00 bits per heavy atom. The molecule has 1 heterocycles. The van der Waals surface area contributed by atoms with Crippen LogP contribution in [-0.2, 0) is 23.8 Å². The van der Waals surface area contributed by atoms with Crippen molar-refractivity contribution >= 4 is 10.8 Å². The van der Waals surface area contributed by atoms with Crippen LogP contribution in [0.3, 0.4) is 0 Å². The van der Waals surface area contributed by atoms with Crippen LogP contribution in [-0.4, -0.2) is 34.5 Å². The lowest BCUT2D eigenvalue weighted by atomic mass is 10.1. The third-order valence-electron chi connectivity index (χ3n) is 5.24. The molecule has 6 nitrogen and oxygen atoms in total. The maximum Gasteiger partial charge on any atom is 0.182 e. The summed E-state index contributed by atoms with van der Waals surface area (Å²) in [6.45, 7) is 3.12. The van der Waals surface area contributed by atoms with Crippen LogP contribution in [0, 0.1) is 12.8 Å². The van der Waals surface area contributed by atoms with Crippen molar-refractivity contribution in [2.45, 2.75) is 38.8 Å². The van der Waals surface area contributed by atoms with Crippen molar-refractivity contribution in [3.8, 4) is 11.5 Å². The summed E-state index contributed by atoms with van der Waals surface area (Å²) in [6, 6.07) is 8.73. The molecule has 2 aromatic rings. The average Bonchev–Trinajstić information content (AvgIpc) is 3.51. The van der Waals surface area contributed by atoms with Crippen LogP contribution in [0.25, 0.3) is 0 Å². The number of nitrogens with zero attached hydrogens (tertiary/aromatic N) is 1. The van der Waals surface area contributed by atoms with Crippen molar-refractivity contribution in [2.24, 2.45) is 11.7 Å². The molecule has 1 aliphatic rings. The highest BCUT2D eigenvalue weighted by molar-refractivity contribution is 7.84. The first-order valence-electron chi connectivity index (χ1n) is 9.94. The van der Waals surface area contributed by atoms with Gasteiger partial charge in [-0.3, -0.25) is 9.00 Å². The molecule has 158 valence electrons. The first kappa shape index (κ1) is 21.6. The van der Waals surface area contributed by atoms with Gasteiger partial charge in [-0.15, -0.1) is 0 Å². The van der Waals surface area contributed by atoms with Gasteiger partial charge in [0.15, 0.2) is 16.9 Å². The standard InChI is InChI=1S/C22H30N2O4S/c1-15-10-19(25)12-18(8-9-29(3)26)24(15)13-20(23)17-6-7-21(27-2)22(11-17)28-14-16-4-5-16/h6-7,10-12,16,20H,4-5,8-9,13-14,23H2,1-3H3. The SMILES string of the molecule is COc1ccc(C(N)Cn2c(C)cc(=O)cc2CCS(C)=O)cc1OCC1CC1. The highest BCUT2D eigenvalue weighted by Crippen LogP contribution is 2.34. The zero-order valence-corrected chi connectivity index (χ0v) is 18.2. The van der Waals surface area contributed by atoms with Crippen LogP contribution in [0.4, 0.5) is 0 Å². The molecule has 0 bridgehead atoms. The van der Waals surface area contributed by atoms with Crippen LogP contribution < -0.4 is 20.6 Å². The number of hydrogen-bond donors (Lipinski definition) is 1. The molecule has 0 spiro atoms. The number of aryl methyl sites for hydroxylation is 2. The highest BCUT2D eigenvalue weighted by atomic mass is 32.2. The third kappa shape index (κ3) is 5.93. The quantitative estimate of drug-likeness (QED) is 0.641. The van der Waals surface area contributed by atoms with Gasteiger partial charge < -0.3 is 19.8 Å². The predicted molar refractivity (Wildman–Crippen MR) is 116 cm³/mol. The fraction of sp³-hybridized carbons (Fsp3) is 0.500. The van der Waals surface area contributed by atoms with E-state index in [1.165, 1.54) is 12.8 Å². The summed E-state index contributed by atoms with van der Waals surface area (Å²) in [4.78, 5) is 12.0. The lowest BCUT2D eigenvalue weighted by Gasteiger charge is -2.22. The smallest absolute Gasteiger partial charge is 0.182 e. The van der Waals surface area contributed by atoms with E-state index in [2.05, 4.69) is 0 Å². The van der Waals surface area contributed by atoms with Crippen LogP contribution in [0.2, 0.25) is 0 Å². The van der Waals surface area contributed by atoms with E-state index in [-0.39, 0.29) is 11.5 Å². The van der Waals surface area contributed by atoms with Gasteiger partial charge in [-0.1, -0.05) is 6.07 Å². The molecule has 1 aromatic carbocycles. The first-order chi connectivity index (χ1) is 13.9. The summed E-state index contributed by atoms with van der Waals surface area (Å²) in [5, 5.41) is 0. The normalized spacial score (nSPS) is 15.7. The van der Waals surface area contributed by atoms with Gasteiger partial charge in [-0.25, -0.2) is 0 Å². The van der Waals surface area contributed by atoms with E-state index < -0.39 is 10.8 Å². The predicted octanol–water partition coefficient (Wildman–Crippen LogP) is 2.58. The molecule has 29 heavy (non-hydrogen) atoms. The minimum atomic E-state index is -0.921. The number of ether oxygens (including phenoxy) is 2. The molecule has 2 atom stereocenters. The van der Waals surface area contributed by atoms with E-state index in [9.17, 15) is 9.00 Å². The average molecular weight is 419 g/mol. The molecule has 7 heteroatoms. The summed E-state index contributed by atoms with van der Waals surface area (Å²) in [5.74, 6) is 2.57. The molecule has 0 saturated heterocycles. The van der Waals surface area contributed by atoms with Crippen molar-refractivity contribution in [1.29, 1.82) is 0 Å². The Bertz CT molecular complexity index is 937. The van der Waals surface area contributed by atoms with Gasteiger partial charge in [0.25, 0.3) is 0 Å². The van der Waals surface area contributed by atoms with Crippen molar-refractivity contribution in [3.05, 3.63) is 57.5 Å². The molecule has 0 radical (unpaired) electrons. The Morgan fingerprint density at radius 1 is 1.24 bits per heavy atom. The van der Waals surface area contributed by atoms with Crippen molar-refractivity contribution in [3.63, 3.8) is 0 Å². The minimum absolute atomic E-state index is 0.0376. The molecule has 1 aliphatic carbocycles. The monoisotopic (exact) mass is 418 g/mol. The fourth-order valence-corrected chi connectivity index (χ4v) is 3.84. The summed E-state index contributed by atoms with van der Waals surface area (Å²) in [5.41, 5.74) is 9.15. The number of pyridine rings is 1. The molecular formula is C22H30N2O4S. The minimum Gasteiger partial charge on any atom is -0.493 e. The zero-order valence-electron chi connectivity index (χ0n) is 17.3. The zero-order chi connectivity index (χ0) is 21.0. The number of benzene rings is 1. The number of nitrogens with two attached hydrogens (primary N) is 1. The Labute approximate surface area is 174 Å². The van der Waals surface area contributed by atoms with Gasteiger partial charge in [0.2, 0.25) is 0 Å². The maximum absolute atomic E-state index is 12.0. The molecule has 0 amide bonds. The second-order valence-electron chi connectivity index (χ2n) is 7.73. The Kier molecular flexibility index (Phi) is 7.14. The number of methoxy groups -OCH3 is 1. The fourth-order valence-electron chi connectivity index (χ4n) is 3.34. The molecule has 3 rings (SSSR count). The number of rotatable bonds is 10. The molecule has 1 saturated carbocycles. The largest absolute Gasteiger partial charge is 0.493 e. The second-order valence-corrected chi connectivity index (χ2v) is 9.29. The van der Waals surface area contributed by atoms with E-state index in [1.807, 2.05) is 29.7 Å².